The minimum Gasteiger partial charge on any atom is -0.352 e. The van der Waals surface area contributed by atoms with E-state index in [0.29, 0.717) is 5.56 Å². The van der Waals surface area contributed by atoms with E-state index in [2.05, 4.69) is 33.5 Å². The quantitative estimate of drug-likeness (QED) is 0.617. The highest BCUT2D eigenvalue weighted by atomic mass is 79.9. The lowest BCUT2D eigenvalue weighted by Gasteiger charge is -2.59. The van der Waals surface area contributed by atoms with E-state index in [1.165, 1.54) is 38.5 Å². The van der Waals surface area contributed by atoms with E-state index in [1.807, 2.05) is 18.2 Å². The number of amides is 4. The summed E-state index contributed by atoms with van der Waals surface area (Å²) in [5.74, 6) is 1.76. The summed E-state index contributed by atoms with van der Waals surface area (Å²) < 4.78 is 0.743. The van der Waals surface area contributed by atoms with Crippen LogP contribution in [-0.2, 0) is 15.1 Å². The van der Waals surface area contributed by atoms with Crippen molar-refractivity contribution in [3.63, 3.8) is 0 Å². The van der Waals surface area contributed by atoms with Gasteiger partial charge in [-0.15, -0.1) is 0 Å². The fourth-order valence-electron chi connectivity index (χ4n) is 7.18. The van der Waals surface area contributed by atoms with Gasteiger partial charge < -0.3 is 10.6 Å². The van der Waals surface area contributed by atoms with E-state index in [1.54, 1.807) is 13.0 Å². The first kappa shape index (κ1) is 21.0. The zero-order valence-electron chi connectivity index (χ0n) is 18.1. The molecule has 1 aliphatic heterocycles. The number of halogens is 1. The smallest absolute Gasteiger partial charge is 0.325 e. The maximum absolute atomic E-state index is 13.2. The van der Waals surface area contributed by atoms with Gasteiger partial charge in [-0.25, -0.2) is 4.79 Å². The molecule has 2 N–H and O–H groups in total. The van der Waals surface area contributed by atoms with Gasteiger partial charge in [-0.3, -0.25) is 14.5 Å². The largest absolute Gasteiger partial charge is 0.352 e. The predicted molar refractivity (Wildman–Crippen MR) is 120 cm³/mol. The fraction of sp³-hybridized carbons (Fsp3) is 0.625. The molecule has 6 nitrogen and oxygen atoms in total. The Kier molecular flexibility index (Phi) is 4.96. The van der Waals surface area contributed by atoms with Crippen LogP contribution in [0, 0.1) is 23.2 Å². The number of imide groups is 1. The summed E-state index contributed by atoms with van der Waals surface area (Å²) in [4.78, 5) is 39.8. The van der Waals surface area contributed by atoms with Crippen LogP contribution in [-0.4, -0.2) is 35.3 Å². The molecule has 31 heavy (non-hydrogen) atoms. The van der Waals surface area contributed by atoms with Crippen molar-refractivity contribution in [3.05, 3.63) is 34.3 Å². The molecule has 4 aliphatic carbocycles. The van der Waals surface area contributed by atoms with Gasteiger partial charge in [0.2, 0.25) is 5.91 Å². The molecule has 7 heteroatoms. The second kappa shape index (κ2) is 7.32. The highest BCUT2D eigenvalue weighted by molar-refractivity contribution is 9.10. The van der Waals surface area contributed by atoms with Gasteiger partial charge in [-0.05, 0) is 81.6 Å². The average molecular weight is 488 g/mol. The lowest BCUT2D eigenvalue weighted by atomic mass is 9.48. The minimum atomic E-state index is -1.19. The molecule has 6 rings (SSSR count). The molecule has 4 saturated carbocycles. The average Bonchev–Trinajstić information content (AvgIpc) is 2.91. The van der Waals surface area contributed by atoms with Crippen LogP contribution in [0.15, 0.2) is 28.7 Å². The molecule has 166 valence electrons. The molecule has 1 aromatic carbocycles. The van der Waals surface area contributed by atoms with Crippen LogP contribution in [0.4, 0.5) is 4.79 Å². The number of benzene rings is 1. The van der Waals surface area contributed by atoms with Crippen molar-refractivity contribution in [3.8, 4) is 0 Å². The number of urea groups is 1. The lowest BCUT2D eigenvalue weighted by Crippen LogP contribution is -2.57. The van der Waals surface area contributed by atoms with E-state index in [4.69, 9.17) is 0 Å². The highest BCUT2D eigenvalue weighted by Crippen LogP contribution is 2.61. The van der Waals surface area contributed by atoms with Crippen molar-refractivity contribution in [2.45, 2.75) is 64.0 Å². The molecule has 1 heterocycles. The van der Waals surface area contributed by atoms with Crippen molar-refractivity contribution in [2.75, 3.05) is 6.54 Å². The van der Waals surface area contributed by atoms with Gasteiger partial charge in [-0.2, -0.15) is 0 Å². The number of carbonyl (C=O) groups excluding carboxylic acids is 3. The second-order valence-electron chi connectivity index (χ2n) is 10.5. The van der Waals surface area contributed by atoms with Crippen molar-refractivity contribution >= 4 is 33.8 Å². The fourth-order valence-corrected chi connectivity index (χ4v) is 7.86. The number of nitrogens with one attached hydrogen (secondary N) is 2. The summed E-state index contributed by atoms with van der Waals surface area (Å²) in [5, 5.41) is 5.94. The van der Waals surface area contributed by atoms with Gasteiger partial charge in [0.1, 0.15) is 12.1 Å². The van der Waals surface area contributed by atoms with Crippen LogP contribution in [0.1, 0.15) is 57.9 Å². The third-order valence-corrected chi connectivity index (χ3v) is 9.06. The Morgan fingerprint density at radius 2 is 1.74 bits per heavy atom. The first-order valence-electron chi connectivity index (χ1n) is 11.4. The van der Waals surface area contributed by atoms with Crippen LogP contribution in [0.5, 0.6) is 0 Å². The topological polar surface area (TPSA) is 78.5 Å². The molecule has 5 fully saturated rings. The minimum absolute atomic E-state index is 0.0591. The summed E-state index contributed by atoms with van der Waals surface area (Å²) in [6.07, 6.45) is 7.67. The summed E-state index contributed by atoms with van der Waals surface area (Å²) in [6, 6.07) is 6.86. The number of carbonyl (C=O) groups is 3. The van der Waals surface area contributed by atoms with Crippen molar-refractivity contribution in [2.24, 2.45) is 23.2 Å². The van der Waals surface area contributed by atoms with Gasteiger partial charge in [-0.1, -0.05) is 34.1 Å². The molecule has 0 spiro atoms. The first-order valence-corrected chi connectivity index (χ1v) is 12.2. The molecule has 4 bridgehead atoms. The predicted octanol–water partition coefficient (Wildman–Crippen LogP) is 3.94. The van der Waals surface area contributed by atoms with E-state index in [0.717, 1.165) is 27.1 Å². The maximum Gasteiger partial charge on any atom is 0.325 e. The molecule has 0 radical (unpaired) electrons. The molecule has 2 unspecified atom stereocenters. The normalized spacial score (nSPS) is 37.1. The van der Waals surface area contributed by atoms with Crippen molar-refractivity contribution in [1.29, 1.82) is 0 Å². The van der Waals surface area contributed by atoms with Crippen molar-refractivity contribution in [1.82, 2.24) is 15.5 Å². The maximum atomic E-state index is 13.2. The third-order valence-electron chi connectivity index (χ3n) is 8.37. The Morgan fingerprint density at radius 3 is 2.32 bits per heavy atom. The van der Waals surface area contributed by atoms with Crippen LogP contribution < -0.4 is 10.6 Å². The SMILES string of the molecule is CC(NC(=O)CN1C(=O)NC(C)(c2ccccc2Br)C1=O)C12CC3CC(CC(C3)C1)C2. The van der Waals surface area contributed by atoms with Gasteiger partial charge in [0.05, 0.1) is 0 Å². The number of nitrogens with zero attached hydrogens (tertiary/aromatic N) is 1. The molecule has 1 aromatic rings. The molecule has 5 aliphatic rings. The van der Waals surface area contributed by atoms with E-state index in [-0.39, 0.29) is 23.9 Å². The standard InChI is InChI=1S/C24H30BrN3O3/c1-14(24-10-15-7-16(11-24)9-17(8-15)12-24)26-20(29)13-28-21(30)23(2,27-22(28)31)18-5-3-4-6-19(18)25/h3-6,14-17H,7-13H2,1-2H3,(H,26,29)(H,27,31). The number of rotatable bonds is 5. The molecular formula is C24H30BrN3O3. The van der Waals surface area contributed by atoms with Gasteiger partial charge >= 0.3 is 6.03 Å². The molecular weight excluding hydrogens is 458 g/mol. The lowest BCUT2D eigenvalue weighted by molar-refractivity contribution is -0.136. The summed E-state index contributed by atoms with van der Waals surface area (Å²) in [6.45, 7) is 3.55. The van der Waals surface area contributed by atoms with Crippen molar-refractivity contribution < 1.29 is 14.4 Å². The summed E-state index contributed by atoms with van der Waals surface area (Å²) in [5.41, 5.74) is -0.327. The van der Waals surface area contributed by atoms with Crippen LogP contribution in [0.3, 0.4) is 0 Å². The summed E-state index contributed by atoms with van der Waals surface area (Å²) in [7, 11) is 0. The van der Waals surface area contributed by atoms with Crippen LogP contribution in [0.2, 0.25) is 0 Å². The van der Waals surface area contributed by atoms with E-state index >= 15 is 0 Å². The third kappa shape index (κ3) is 3.40. The molecule has 0 aromatic heterocycles. The Hall–Kier alpha value is -1.89. The zero-order chi connectivity index (χ0) is 22.0. The second-order valence-corrected chi connectivity index (χ2v) is 11.3. The first-order chi connectivity index (χ1) is 14.7. The van der Waals surface area contributed by atoms with E-state index in [9.17, 15) is 14.4 Å². The van der Waals surface area contributed by atoms with Gasteiger partial charge in [0.25, 0.3) is 5.91 Å². The molecule has 4 amide bonds. The number of hydrogen-bond donors (Lipinski definition) is 2. The molecule has 1 saturated heterocycles. The summed E-state index contributed by atoms with van der Waals surface area (Å²) >= 11 is 3.47. The van der Waals surface area contributed by atoms with Crippen LogP contribution in [0.25, 0.3) is 0 Å². The zero-order valence-corrected chi connectivity index (χ0v) is 19.7. The monoisotopic (exact) mass is 487 g/mol. The van der Waals surface area contributed by atoms with Crippen LogP contribution >= 0.6 is 15.9 Å². The highest BCUT2D eigenvalue weighted by Gasteiger charge is 2.54. The Bertz CT molecular complexity index is 912. The Balaban J connectivity index is 1.27. The Morgan fingerprint density at radius 1 is 1.16 bits per heavy atom. The number of hydrogen-bond acceptors (Lipinski definition) is 3. The molecule has 2 atom stereocenters. The van der Waals surface area contributed by atoms with Gasteiger partial charge in [0.15, 0.2) is 0 Å². The van der Waals surface area contributed by atoms with E-state index < -0.39 is 17.5 Å². The Labute approximate surface area is 191 Å². The van der Waals surface area contributed by atoms with Gasteiger partial charge in [0, 0.05) is 16.1 Å².